The number of sulfonamides is 1. The van der Waals surface area contributed by atoms with E-state index in [9.17, 15) is 13.2 Å². The summed E-state index contributed by atoms with van der Waals surface area (Å²) in [6, 6.07) is 17.9. The van der Waals surface area contributed by atoms with Gasteiger partial charge in [0.1, 0.15) is 0 Å². The molecule has 0 aromatic heterocycles. The summed E-state index contributed by atoms with van der Waals surface area (Å²) < 4.78 is 26.2. The van der Waals surface area contributed by atoms with Gasteiger partial charge in [-0.3, -0.25) is 9.10 Å². The number of carbonyl (C=O) groups excluding carboxylic acids is 1. The van der Waals surface area contributed by atoms with Gasteiger partial charge < -0.3 is 5.32 Å². The fraction of sp³-hybridized carbons (Fsp3) is 0.208. The van der Waals surface area contributed by atoms with E-state index in [4.69, 9.17) is 11.6 Å². The maximum absolute atomic E-state index is 12.5. The average molecular weight is 457 g/mol. The van der Waals surface area contributed by atoms with Crippen molar-refractivity contribution in [1.29, 1.82) is 0 Å². The molecule has 0 heterocycles. The van der Waals surface area contributed by atoms with Crippen LogP contribution >= 0.6 is 11.6 Å². The number of rotatable bonds is 6. The Morgan fingerprint density at radius 1 is 0.903 bits per heavy atom. The summed E-state index contributed by atoms with van der Waals surface area (Å²) in [6.45, 7) is 6.02. The van der Waals surface area contributed by atoms with E-state index < -0.39 is 10.0 Å². The third kappa shape index (κ3) is 5.66. The highest BCUT2D eigenvalue weighted by atomic mass is 35.5. The average Bonchev–Trinajstić information content (AvgIpc) is 2.70. The number of amides is 1. The number of carbonyl (C=O) groups is 1. The topological polar surface area (TPSA) is 66.5 Å². The van der Waals surface area contributed by atoms with Gasteiger partial charge in [-0.05, 0) is 79.4 Å². The molecule has 5 nitrogen and oxygen atoms in total. The molecule has 3 aromatic carbocycles. The lowest BCUT2D eigenvalue weighted by atomic mass is 10.1. The van der Waals surface area contributed by atoms with Gasteiger partial charge in [0, 0.05) is 16.3 Å². The van der Waals surface area contributed by atoms with E-state index in [2.05, 4.69) is 5.32 Å². The van der Waals surface area contributed by atoms with Crippen LogP contribution in [-0.2, 0) is 16.6 Å². The van der Waals surface area contributed by atoms with Crippen LogP contribution in [0.5, 0.6) is 0 Å². The number of nitrogens with zero attached hydrogens (tertiary/aromatic N) is 1. The highest BCUT2D eigenvalue weighted by Crippen LogP contribution is 2.24. The molecule has 3 rings (SSSR count). The van der Waals surface area contributed by atoms with E-state index in [1.165, 1.54) is 10.6 Å². The van der Waals surface area contributed by atoms with Crippen LogP contribution in [0.2, 0.25) is 5.02 Å². The van der Waals surface area contributed by atoms with Crippen molar-refractivity contribution in [3.63, 3.8) is 0 Å². The van der Waals surface area contributed by atoms with Crippen LogP contribution < -0.4 is 9.62 Å². The third-order valence-corrected chi connectivity index (χ3v) is 6.70. The van der Waals surface area contributed by atoms with Crippen molar-refractivity contribution >= 4 is 38.9 Å². The fourth-order valence-electron chi connectivity index (χ4n) is 3.08. The first kappa shape index (κ1) is 22.8. The van der Waals surface area contributed by atoms with Crippen molar-refractivity contribution in [1.82, 2.24) is 0 Å². The number of benzene rings is 3. The zero-order valence-electron chi connectivity index (χ0n) is 17.9. The highest BCUT2D eigenvalue weighted by molar-refractivity contribution is 7.92. The molecule has 3 aromatic rings. The standard InChI is InChI=1S/C24H25ClN2O3S/c1-16-6-12-22(13-18(16)3)27(31(4,29)30)15-19-7-10-21(11-8-19)26-24(28)20-9-5-17(2)23(25)14-20/h5-14H,15H2,1-4H3,(H,26,28). The molecule has 7 heteroatoms. The van der Waals surface area contributed by atoms with Crippen LogP contribution in [0, 0.1) is 20.8 Å². The van der Waals surface area contributed by atoms with Crippen LogP contribution in [0.15, 0.2) is 60.7 Å². The molecule has 0 atom stereocenters. The molecule has 0 spiro atoms. The molecule has 0 saturated carbocycles. The fourth-order valence-corrected chi connectivity index (χ4v) is 4.14. The number of hydrogen-bond acceptors (Lipinski definition) is 3. The van der Waals surface area contributed by atoms with Gasteiger partial charge in [-0.1, -0.05) is 35.9 Å². The lowest BCUT2D eigenvalue weighted by Gasteiger charge is -2.23. The van der Waals surface area contributed by atoms with Gasteiger partial charge in [0.15, 0.2) is 0 Å². The Bertz CT molecular complexity index is 1220. The highest BCUT2D eigenvalue weighted by Gasteiger charge is 2.18. The van der Waals surface area contributed by atoms with E-state index in [1.54, 1.807) is 42.5 Å². The van der Waals surface area contributed by atoms with E-state index in [-0.39, 0.29) is 12.5 Å². The summed E-state index contributed by atoms with van der Waals surface area (Å²) in [5.74, 6) is -0.262. The summed E-state index contributed by atoms with van der Waals surface area (Å²) in [7, 11) is -3.47. The van der Waals surface area contributed by atoms with Gasteiger partial charge in [0.05, 0.1) is 18.5 Å². The molecule has 0 aliphatic heterocycles. The van der Waals surface area contributed by atoms with E-state index in [1.807, 2.05) is 39.0 Å². The number of halogens is 1. The minimum absolute atomic E-state index is 0.198. The van der Waals surface area contributed by atoms with Gasteiger partial charge in [-0.25, -0.2) is 8.42 Å². The quantitative estimate of drug-likeness (QED) is 0.533. The molecular weight excluding hydrogens is 432 g/mol. The summed E-state index contributed by atoms with van der Waals surface area (Å²) in [4.78, 5) is 12.5. The lowest BCUT2D eigenvalue weighted by Crippen LogP contribution is -2.29. The van der Waals surface area contributed by atoms with Crippen molar-refractivity contribution in [2.45, 2.75) is 27.3 Å². The molecule has 0 bridgehead atoms. The number of aryl methyl sites for hydroxylation is 3. The summed E-state index contributed by atoms with van der Waals surface area (Å²) in [5, 5.41) is 3.37. The lowest BCUT2D eigenvalue weighted by molar-refractivity contribution is 0.102. The Hall–Kier alpha value is -2.83. The van der Waals surface area contributed by atoms with Gasteiger partial charge >= 0.3 is 0 Å². The van der Waals surface area contributed by atoms with Crippen LogP contribution in [0.4, 0.5) is 11.4 Å². The Morgan fingerprint density at radius 3 is 2.13 bits per heavy atom. The smallest absolute Gasteiger partial charge is 0.255 e. The first-order chi connectivity index (χ1) is 14.5. The van der Waals surface area contributed by atoms with Gasteiger partial charge in [-0.2, -0.15) is 0 Å². The zero-order valence-corrected chi connectivity index (χ0v) is 19.5. The maximum Gasteiger partial charge on any atom is 0.255 e. The Labute approximate surface area is 188 Å². The third-order valence-electron chi connectivity index (χ3n) is 5.15. The van der Waals surface area contributed by atoms with E-state index in [0.717, 1.165) is 22.3 Å². The van der Waals surface area contributed by atoms with Gasteiger partial charge in [0.2, 0.25) is 10.0 Å². The molecule has 1 N–H and O–H groups in total. The van der Waals surface area contributed by atoms with Crippen molar-refractivity contribution in [3.05, 3.63) is 93.5 Å². The van der Waals surface area contributed by atoms with Gasteiger partial charge in [-0.15, -0.1) is 0 Å². The predicted molar refractivity (Wildman–Crippen MR) is 128 cm³/mol. The molecule has 0 aliphatic carbocycles. The second kappa shape index (κ2) is 9.12. The van der Waals surface area contributed by atoms with Crippen LogP contribution in [0.1, 0.15) is 32.6 Å². The second-order valence-corrected chi connectivity index (χ2v) is 9.97. The minimum Gasteiger partial charge on any atom is -0.322 e. The molecule has 1 amide bonds. The molecule has 0 saturated heterocycles. The molecule has 0 aliphatic rings. The summed E-state index contributed by atoms with van der Waals surface area (Å²) >= 11 is 6.10. The number of hydrogen-bond donors (Lipinski definition) is 1. The Balaban J connectivity index is 1.77. The summed E-state index contributed by atoms with van der Waals surface area (Å²) in [6.07, 6.45) is 1.20. The van der Waals surface area contributed by atoms with Crippen LogP contribution in [-0.4, -0.2) is 20.6 Å². The van der Waals surface area contributed by atoms with Crippen LogP contribution in [0.3, 0.4) is 0 Å². The Morgan fingerprint density at radius 2 is 1.55 bits per heavy atom. The van der Waals surface area contributed by atoms with Crippen molar-refractivity contribution in [2.75, 3.05) is 15.9 Å². The number of anilines is 2. The molecule has 31 heavy (non-hydrogen) atoms. The maximum atomic E-state index is 12.5. The summed E-state index contributed by atoms with van der Waals surface area (Å²) in [5.41, 5.74) is 5.55. The predicted octanol–water partition coefficient (Wildman–Crippen LogP) is 5.48. The van der Waals surface area contributed by atoms with Crippen molar-refractivity contribution in [2.24, 2.45) is 0 Å². The van der Waals surface area contributed by atoms with Crippen LogP contribution in [0.25, 0.3) is 0 Å². The normalized spacial score (nSPS) is 11.3. The Kier molecular flexibility index (Phi) is 6.72. The zero-order chi connectivity index (χ0) is 22.8. The first-order valence-corrected chi connectivity index (χ1v) is 12.0. The van der Waals surface area contributed by atoms with E-state index >= 15 is 0 Å². The second-order valence-electron chi connectivity index (χ2n) is 7.65. The number of nitrogens with one attached hydrogen (secondary N) is 1. The molecule has 162 valence electrons. The van der Waals surface area contributed by atoms with Crippen molar-refractivity contribution < 1.29 is 13.2 Å². The monoisotopic (exact) mass is 456 g/mol. The molecule has 0 fully saturated rings. The SMILES string of the molecule is Cc1ccc(N(Cc2ccc(NC(=O)c3ccc(C)c(Cl)c3)cc2)S(C)(=O)=O)cc1C. The minimum atomic E-state index is -3.47. The van der Waals surface area contributed by atoms with Crippen molar-refractivity contribution in [3.8, 4) is 0 Å². The largest absolute Gasteiger partial charge is 0.322 e. The molecular formula is C24H25ClN2O3S. The van der Waals surface area contributed by atoms with Gasteiger partial charge in [0.25, 0.3) is 5.91 Å². The van der Waals surface area contributed by atoms with E-state index in [0.29, 0.717) is 22.0 Å². The molecule has 0 unspecified atom stereocenters. The first-order valence-electron chi connectivity index (χ1n) is 9.76. The molecule has 0 radical (unpaired) electrons.